The zero-order valence-electron chi connectivity index (χ0n) is 19.8. The first-order chi connectivity index (χ1) is 15.5. The summed E-state index contributed by atoms with van der Waals surface area (Å²) >= 11 is 0. The van der Waals surface area contributed by atoms with Gasteiger partial charge in [0.2, 0.25) is 5.91 Å². The molecule has 0 unspecified atom stereocenters. The van der Waals surface area contributed by atoms with Gasteiger partial charge in [0.05, 0.1) is 14.2 Å². The number of hydrogen-bond acceptors (Lipinski definition) is 5. The molecule has 0 saturated carbocycles. The second kappa shape index (κ2) is 11.9. The van der Waals surface area contributed by atoms with E-state index in [1.54, 1.807) is 14.2 Å². The highest BCUT2D eigenvalue weighted by molar-refractivity contribution is 5.75. The summed E-state index contributed by atoms with van der Waals surface area (Å²) in [5, 5.41) is 3.06. The van der Waals surface area contributed by atoms with Gasteiger partial charge in [-0.25, -0.2) is 0 Å². The Bertz CT molecular complexity index is 834. The first kappa shape index (κ1) is 24.1. The number of likely N-dealkylation sites (tertiary alicyclic amines) is 1. The Hall–Kier alpha value is -2.57. The number of hydrogen-bond donors (Lipinski definition) is 1. The van der Waals surface area contributed by atoms with Gasteiger partial charge in [-0.3, -0.25) is 9.69 Å². The molecule has 2 atom stereocenters. The van der Waals surface area contributed by atoms with Gasteiger partial charge in [0.15, 0.2) is 0 Å². The van der Waals surface area contributed by atoms with Crippen molar-refractivity contribution >= 4 is 5.91 Å². The molecule has 1 N–H and O–H groups in total. The lowest BCUT2D eigenvalue weighted by Gasteiger charge is -2.41. The first-order valence-corrected chi connectivity index (χ1v) is 11.4. The summed E-state index contributed by atoms with van der Waals surface area (Å²) in [4.78, 5) is 17.5. The topological polar surface area (TPSA) is 54.0 Å². The van der Waals surface area contributed by atoms with E-state index in [0.717, 1.165) is 49.5 Å². The van der Waals surface area contributed by atoms with Gasteiger partial charge in [0, 0.05) is 38.2 Å². The number of benzene rings is 2. The molecule has 1 saturated heterocycles. The van der Waals surface area contributed by atoms with E-state index in [2.05, 4.69) is 59.5 Å². The summed E-state index contributed by atoms with van der Waals surface area (Å²) in [6.07, 6.45) is 2.56. The SMILES string of the molecule is COc1cc(CNC(=O)CC[C@H]2CN(Cc3ccccc3)CC[C@H]2N(C)C)cc(OC)c1. The Balaban J connectivity index is 1.52. The van der Waals surface area contributed by atoms with Crippen LogP contribution < -0.4 is 14.8 Å². The summed E-state index contributed by atoms with van der Waals surface area (Å²) in [6.45, 7) is 3.56. The maximum absolute atomic E-state index is 12.6. The average Bonchev–Trinajstić information content (AvgIpc) is 2.81. The van der Waals surface area contributed by atoms with E-state index in [0.29, 0.717) is 24.9 Å². The molecule has 1 aliphatic heterocycles. The van der Waals surface area contributed by atoms with Gasteiger partial charge in [0.1, 0.15) is 11.5 Å². The summed E-state index contributed by atoms with van der Waals surface area (Å²) in [5.74, 6) is 2.01. The van der Waals surface area contributed by atoms with Crippen LogP contribution in [0.5, 0.6) is 11.5 Å². The van der Waals surface area contributed by atoms with Crippen LogP contribution in [-0.2, 0) is 17.9 Å². The second-order valence-corrected chi connectivity index (χ2v) is 8.84. The van der Waals surface area contributed by atoms with Crippen LogP contribution >= 0.6 is 0 Å². The summed E-state index contributed by atoms with van der Waals surface area (Å²) in [5.41, 5.74) is 2.31. The second-order valence-electron chi connectivity index (χ2n) is 8.84. The third-order valence-corrected chi connectivity index (χ3v) is 6.33. The predicted molar refractivity (Wildman–Crippen MR) is 128 cm³/mol. The van der Waals surface area contributed by atoms with Crippen molar-refractivity contribution in [1.29, 1.82) is 0 Å². The van der Waals surface area contributed by atoms with Crippen molar-refractivity contribution in [1.82, 2.24) is 15.1 Å². The van der Waals surface area contributed by atoms with Crippen molar-refractivity contribution in [2.24, 2.45) is 5.92 Å². The van der Waals surface area contributed by atoms with Crippen LogP contribution in [0.25, 0.3) is 0 Å². The van der Waals surface area contributed by atoms with E-state index in [4.69, 9.17) is 9.47 Å². The van der Waals surface area contributed by atoms with Crippen molar-refractivity contribution < 1.29 is 14.3 Å². The number of ether oxygens (including phenoxy) is 2. The molecule has 6 heteroatoms. The zero-order chi connectivity index (χ0) is 22.9. The highest BCUT2D eigenvalue weighted by Crippen LogP contribution is 2.26. The van der Waals surface area contributed by atoms with Crippen LogP contribution in [0.3, 0.4) is 0 Å². The lowest BCUT2D eigenvalue weighted by atomic mass is 9.87. The Morgan fingerprint density at radius 3 is 2.38 bits per heavy atom. The average molecular weight is 440 g/mol. The van der Waals surface area contributed by atoms with E-state index < -0.39 is 0 Å². The molecule has 1 fully saturated rings. The number of nitrogens with one attached hydrogen (secondary N) is 1. The van der Waals surface area contributed by atoms with Crippen molar-refractivity contribution in [3.8, 4) is 11.5 Å². The molecule has 1 amide bonds. The molecular formula is C26H37N3O3. The number of nitrogens with zero attached hydrogens (tertiary/aromatic N) is 2. The highest BCUT2D eigenvalue weighted by atomic mass is 16.5. The maximum Gasteiger partial charge on any atom is 0.220 e. The maximum atomic E-state index is 12.6. The van der Waals surface area contributed by atoms with Crippen LogP contribution in [0.15, 0.2) is 48.5 Å². The van der Waals surface area contributed by atoms with Crippen LogP contribution in [0.2, 0.25) is 0 Å². The van der Waals surface area contributed by atoms with Gasteiger partial charge in [-0.05, 0) is 62.7 Å². The summed E-state index contributed by atoms with van der Waals surface area (Å²) in [6, 6.07) is 16.8. The third kappa shape index (κ3) is 6.97. The van der Waals surface area contributed by atoms with Crippen molar-refractivity contribution in [2.45, 2.75) is 38.4 Å². The molecule has 2 aromatic rings. The first-order valence-electron chi connectivity index (χ1n) is 11.4. The monoisotopic (exact) mass is 439 g/mol. The number of rotatable bonds is 10. The van der Waals surface area contributed by atoms with Gasteiger partial charge in [-0.15, -0.1) is 0 Å². The van der Waals surface area contributed by atoms with Crippen molar-refractivity contribution in [3.05, 3.63) is 59.7 Å². The van der Waals surface area contributed by atoms with Gasteiger partial charge >= 0.3 is 0 Å². The molecule has 1 aliphatic rings. The summed E-state index contributed by atoms with van der Waals surface area (Å²) < 4.78 is 10.6. The van der Waals surface area contributed by atoms with Crippen molar-refractivity contribution in [3.63, 3.8) is 0 Å². The number of carbonyl (C=O) groups is 1. The highest BCUT2D eigenvalue weighted by Gasteiger charge is 2.30. The third-order valence-electron chi connectivity index (χ3n) is 6.33. The minimum absolute atomic E-state index is 0.0875. The molecule has 3 rings (SSSR count). The number of methoxy groups -OCH3 is 2. The standard InChI is InChI=1S/C26H37N3O3/c1-28(2)25-12-13-29(18-20-8-6-5-7-9-20)19-22(25)10-11-26(30)27-17-21-14-23(31-3)16-24(15-21)32-4/h5-9,14-16,22,25H,10-13,17-19H2,1-4H3,(H,27,30)/t22-,25+/m0/s1. The number of amides is 1. The molecule has 32 heavy (non-hydrogen) atoms. The molecular weight excluding hydrogens is 402 g/mol. The van der Waals surface area contributed by atoms with Crippen LogP contribution in [0, 0.1) is 5.92 Å². The Kier molecular flexibility index (Phi) is 8.94. The quantitative estimate of drug-likeness (QED) is 0.614. The van der Waals surface area contributed by atoms with Gasteiger partial charge < -0.3 is 19.7 Å². The van der Waals surface area contributed by atoms with Gasteiger partial charge in [-0.1, -0.05) is 30.3 Å². The fraction of sp³-hybridized carbons (Fsp3) is 0.500. The normalized spacial score (nSPS) is 19.0. The molecule has 0 aromatic heterocycles. The lowest BCUT2D eigenvalue weighted by molar-refractivity contribution is -0.121. The van der Waals surface area contributed by atoms with Crippen LogP contribution in [0.1, 0.15) is 30.4 Å². The molecule has 2 aromatic carbocycles. The number of carbonyl (C=O) groups excluding carboxylic acids is 1. The number of piperidine rings is 1. The van der Waals surface area contributed by atoms with Gasteiger partial charge in [0.25, 0.3) is 0 Å². The molecule has 174 valence electrons. The molecule has 0 bridgehead atoms. The molecule has 1 heterocycles. The zero-order valence-corrected chi connectivity index (χ0v) is 19.8. The fourth-order valence-electron chi connectivity index (χ4n) is 4.62. The molecule has 6 nitrogen and oxygen atoms in total. The van der Waals surface area contributed by atoms with E-state index in [1.807, 2.05) is 18.2 Å². The summed E-state index contributed by atoms with van der Waals surface area (Å²) in [7, 11) is 7.56. The van der Waals surface area contributed by atoms with E-state index in [1.165, 1.54) is 5.56 Å². The molecule has 0 radical (unpaired) electrons. The van der Waals surface area contributed by atoms with Crippen LogP contribution in [-0.4, -0.2) is 63.2 Å². The molecule has 0 aliphatic carbocycles. The van der Waals surface area contributed by atoms with E-state index >= 15 is 0 Å². The van der Waals surface area contributed by atoms with Crippen molar-refractivity contribution in [2.75, 3.05) is 41.4 Å². The Labute approximate surface area is 192 Å². The Morgan fingerprint density at radius 2 is 1.75 bits per heavy atom. The van der Waals surface area contributed by atoms with Gasteiger partial charge in [-0.2, -0.15) is 0 Å². The largest absolute Gasteiger partial charge is 0.497 e. The minimum atomic E-state index is 0.0875. The fourth-order valence-corrected chi connectivity index (χ4v) is 4.62. The predicted octanol–water partition coefficient (Wildman–Crippen LogP) is 3.55. The van der Waals surface area contributed by atoms with E-state index in [-0.39, 0.29) is 5.91 Å². The molecule has 0 spiro atoms. The van der Waals surface area contributed by atoms with Crippen LogP contribution in [0.4, 0.5) is 0 Å². The van der Waals surface area contributed by atoms with E-state index in [9.17, 15) is 4.79 Å². The minimum Gasteiger partial charge on any atom is -0.497 e. The lowest BCUT2D eigenvalue weighted by Crippen LogP contribution is -2.48. The smallest absolute Gasteiger partial charge is 0.220 e. The Morgan fingerprint density at radius 1 is 1.06 bits per heavy atom.